The average Bonchev–Trinajstić information content (AvgIpc) is 3.02. The zero-order valence-electron chi connectivity index (χ0n) is 11.2. The smallest absolute Gasteiger partial charge is 0.251 e. The van der Waals surface area contributed by atoms with Crippen LogP contribution in [0.15, 0.2) is 47.4 Å². The summed E-state index contributed by atoms with van der Waals surface area (Å²) >= 11 is 5.74. The van der Waals surface area contributed by atoms with Crippen LogP contribution in [0.2, 0.25) is 5.15 Å². The Hall–Kier alpha value is -2.80. The normalized spacial score (nSPS) is 10.4. The van der Waals surface area contributed by atoms with E-state index in [2.05, 4.69) is 25.4 Å². The predicted octanol–water partition coefficient (Wildman–Crippen LogP) is 2.11. The predicted molar refractivity (Wildman–Crippen MR) is 77.9 cm³/mol. The van der Waals surface area contributed by atoms with Gasteiger partial charge >= 0.3 is 0 Å². The van der Waals surface area contributed by atoms with E-state index in [4.69, 9.17) is 16.1 Å². The molecule has 3 heterocycles. The SMILES string of the molecule is O=C(NCc1nc(-c2ccncc2)no1)c1ccnc(Cl)c1. The Morgan fingerprint density at radius 1 is 1.23 bits per heavy atom. The van der Waals surface area contributed by atoms with Crippen LogP contribution in [0.4, 0.5) is 0 Å². The van der Waals surface area contributed by atoms with Crippen molar-refractivity contribution in [2.75, 3.05) is 0 Å². The van der Waals surface area contributed by atoms with E-state index in [1.165, 1.54) is 12.3 Å². The van der Waals surface area contributed by atoms with Crippen molar-refractivity contribution in [2.24, 2.45) is 0 Å². The van der Waals surface area contributed by atoms with Crippen LogP contribution in [0, 0.1) is 0 Å². The Morgan fingerprint density at radius 3 is 2.82 bits per heavy atom. The van der Waals surface area contributed by atoms with Gasteiger partial charge in [-0.3, -0.25) is 9.78 Å². The summed E-state index contributed by atoms with van der Waals surface area (Å²) in [6.45, 7) is 0.122. The number of halogens is 1. The lowest BCUT2D eigenvalue weighted by Gasteiger charge is -2.01. The van der Waals surface area contributed by atoms with E-state index >= 15 is 0 Å². The minimum Gasteiger partial charge on any atom is -0.343 e. The summed E-state index contributed by atoms with van der Waals surface area (Å²) in [7, 11) is 0. The number of aromatic nitrogens is 4. The molecule has 0 aromatic carbocycles. The highest BCUT2D eigenvalue weighted by Crippen LogP contribution is 2.14. The van der Waals surface area contributed by atoms with Crippen LogP contribution in [0.5, 0.6) is 0 Å². The van der Waals surface area contributed by atoms with Gasteiger partial charge in [-0.05, 0) is 24.3 Å². The highest BCUT2D eigenvalue weighted by atomic mass is 35.5. The van der Waals surface area contributed by atoms with Crippen molar-refractivity contribution in [3.63, 3.8) is 0 Å². The van der Waals surface area contributed by atoms with Gasteiger partial charge in [-0.15, -0.1) is 0 Å². The summed E-state index contributed by atoms with van der Waals surface area (Å²) in [5, 5.41) is 6.78. The maximum Gasteiger partial charge on any atom is 0.251 e. The van der Waals surface area contributed by atoms with Crippen molar-refractivity contribution in [1.82, 2.24) is 25.4 Å². The maximum absolute atomic E-state index is 12.0. The Kier molecular flexibility index (Phi) is 4.06. The molecule has 8 heteroatoms. The number of nitrogens with zero attached hydrogens (tertiary/aromatic N) is 4. The van der Waals surface area contributed by atoms with Gasteiger partial charge in [0, 0.05) is 29.7 Å². The van der Waals surface area contributed by atoms with Gasteiger partial charge in [0.15, 0.2) is 0 Å². The van der Waals surface area contributed by atoms with Crippen molar-refractivity contribution >= 4 is 17.5 Å². The lowest BCUT2D eigenvalue weighted by molar-refractivity contribution is 0.0946. The lowest BCUT2D eigenvalue weighted by atomic mass is 10.2. The third-order valence-corrected chi connectivity index (χ3v) is 3.00. The summed E-state index contributed by atoms with van der Waals surface area (Å²) in [6, 6.07) is 6.59. The van der Waals surface area contributed by atoms with Gasteiger partial charge in [-0.2, -0.15) is 4.98 Å². The molecular formula is C14H10ClN5O2. The molecule has 0 atom stereocenters. The first-order chi connectivity index (χ1) is 10.7. The number of hydrogen-bond donors (Lipinski definition) is 1. The third kappa shape index (κ3) is 3.26. The highest BCUT2D eigenvalue weighted by Gasteiger charge is 2.11. The molecule has 0 spiro atoms. The van der Waals surface area contributed by atoms with Crippen molar-refractivity contribution in [2.45, 2.75) is 6.54 Å². The number of carbonyl (C=O) groups excluding carboxylic acids is 1. The van der Waals surface area contributed by atoms with Gasteiger partial charge in [0.05, 0.1) is 6.54 Å². The summed E-state index contributed by atoms with van der Waals surface area (Å²) in [6.07, 6.45) is 4.74. The fraction of sp³-hybridized carbons (Fsp3) is 0.0714. The number of carbonyl (C=O) groups is 1. The first-order valence-electron chi connectivity index (χ1n) is 6.35. The molecule has 22 heavy (non-hydrogen) atoms. The molecule has 110 valence electrons. The molecule has 1 N–H and O–H groups in total. The molecule has 0 unspecified atom stereocenters. The zero-order chi connectivity index (χ0) is 15.4. The van der Waals surface area contributed by atoms with Gasteiger partial charge in [-0.25, -0.2) is 4.98 Å². The van der Waals surface area contributed by atoms with E-state index in [9.17, 15) is 4.79 Å². The maximum atomic E-state index is 12.0. The van der Waals surface area contributed by atoms with E-state index in [0.29, 0.717) is 17.3 Å². The zero-order valence-corrected chi connectivity index (χ0v) is 12.0. The molecule has 3 rings (SSSR count). The lowest BCUT2D eigenvalue weighted by Crippen LogP contribution is -2.23. The van der Waals surface area contributed by atoms with Crippen LogP contribution in [0.25, 0.3) is 11.4 Å². The average molecular weight is 316 g/mol. The molecule has 0 aliphatic rings. The van der Waals surface area contributed by atoms with Gasteiger partial charge in [0.1, 0.15) is 5.15 Å². The van der Waals surface area contributed by atoms with E-state index in [1.807, 2.05) is 0 Å². The number of pyridine rings is 2. The van der Waals surface area contributed by atoms with Crippen molar-refractivity contribution in [1.29, 1.82) is 0 Å². The van der Waals surface area contributed by atoms with E-state index < -0.39 is 0 Å². The topological polar surface area (TPSA) is 93.8 Å². The molecule has 0 saturated carbocycles. The molecule has 1 amide bonds. The van der Waals surface area contributed by atoms with Crippen molar-refractivity contribution in [3.8, 4) is 11.4 Å². The molecule has 0 radical (unpaired) electrons. The molecule has 3 aromatic heterocycles. The third-order valence-electron chi connectivity index (χ3n) is 2.80. The largest absolute Gasteiger partial charge is 0.343 e. The number of rotatable bonds is 4. The van der Waals surface area contributed by atoms with E-state index in [0.717, 1.165) is 5.56 Å². The quantitative estimate of drug-likeness (QED) is 0.741. The summed E-state index contributed by atoms with van der Waals surface area (Å²) in [4.78, 5) is 23.9. The van der Waals surface area contributed by atoms with Crippen LogP contribution in [0.1, 0.15) is 16.2 Å². The van der Waals surface area contributed by atoms with Gasteiger partial charge in [-0.1, -0.05) is 16.8 Å². The second-order valence-corrected chi connectivity index (χ2v) is 4.68. The second kappa shape index (κ2) is 6.31. The standard InChI is InChI=1S/C14H10ClN5O2/c15-11-7-10(3-6-17-11)14(21)18-8-12-19-13(20-22-12)9-1-4-16-5-2-9/h1-7H,8H2,(H,18,21). The fourth-order valence-corrected chi connectivity index (χ4v) is 1.92. The number of amides is 1. The van der Waals surface area contributed by atoms with Crippen LogP contribution < -0.4 is 5.32 Å². The Bertz CT molecular complexity index is 791. The van der Waals surface area contributed by atoms with Gasteiger partial charge in [0.25, 0.3) is 5.91 Å². The molecule has 0 bridgehead atoms. The molecular weight excluding hydrogens is 306 g/mol. The molecule has 0 aliphatic heterocycles. The molecule has 7 nitrogen and oxygen atoms in total. The Balaban J connectivity index is 1.65. The molecule has 0 saturated heterocycles. The number of hydrogen-bond acceptors (Lipinski definition) is 6. The minimum absolute atomic E-state index is 0.122. The fourth-order valence-electron chi connectivity index (χ4n) is 1.75. The highest BCUT2D eigenvalue weighted by molar-refractivity contribution is 6.29. The van der Waals surface area contributed by atoms with Crippen molar-refractivity contribution in [3.05, 3.63) is 59.5 Å². The minimum atomic E-state index is -0.298. The van der Waals surface area contributed by atoms with Crippen LogP contribution >= 0.6 is 11.6 Å². The Labute approximate surface area is 130 Å². The molecule has 0 fully saturated rings. The first kappa shape index (κ1) is 14.2. The van der Waals surface area contributed by atoms with Gasteiger partial charge in [0.2, 0.25) is 11.7 Å². The molecule has 3 aromatic rings. The second-order valence-electron chi connectivity index (χ2n) is 4.30. The first-order valence-corrected chi connectivity index (χ1v) is 6.73. The number of nitrogens with one attached hydrogen (secondary N) is 1. The monoisotopic (exact) mass is 315 g/mol. The van der Waals surface area contributed by atoms with Gasteiger partial charge < -0.3 is 9.84 Å². The summed E-state index contributed by atoms with van der Waals surface area (Å²) in [5.74, 6) is 0.451. The summed E-state index contributed by atoms with van der Waals surface area (Å²) in [5.41, 5.74) is 1.20. The van der Waals surface area contributed by atoms with E-state index in [-0.39, 0.29) is 17.6 Å². The van der Waals surface area contributed by atoms with Crippen molar-refractivity contribution < 1.29 is 9.32 Å². The van der Waals surface area contributed by atoms with Crippen LogP contribution in [-0.4, -0.2) is 26.0 Å². The van der Waals surface area contributed by atoms with E-state index in [1.54, 1.807) is 30.6 Å². The Morgan fingerprint density at radius 2 is 2.05 bits per heavy atom. The van der Waals surface area contributed by atoms with Crippen LogP contribution in [-0.2, 0) is 6.54 Å². The summed E-state index contributed by atoms with van der Waals surface area (Å²) < 4.78 is 5.09. The van der Waals surface area contributed by atoms with Crippen LogP contribution in [0.3, 0.4) is 0 Å². The molecule has 0 aliphatic carbocycles.